The largest absolute Gasteiger partial charge is 0.469 e. The van der Waals surface area contributed by atoms with Crippen molar-refractivity contribution in [2.75, 3.05) is 18.6 Å². The van der Waals surface area contributed by atoms with Gasteiger partial charge in [-0.05, 0) is 37.6 Å². The summed E-state index contributed by atoms with van der Waals surface area (Å²) in [5.74, 6) is -0.210. The molecule has 0 aliphatic carbocycles. The van der Waals surface area contributed by atoms with E-state index in [1.54, 1.807) is 11.8 Å². The monoisotopic (exact) mass is 411 g/mol. The second kappa shape index (κ2) is 7.97. The molecule has 6 heteroatoms. The Kier molecular flexibility index (Phi) is 5.42. The highest BCUT2D eigenvalue weighted by atomic mass is 32.2. The lowest BCUT2D eigenvalue weighted by atomic mass is 10.1. The first kappa shape index (κ1) is 19.0. The minimum absolute atomic E-state index is 0.210. The zero-order valence-electron chi connectivity index (χ0n) is 16.3. The molecular weight excluding hydrogens is 388 g/mol. The second-order valence-electron chi connectivity index (χ2n) is 6.54. The van der Waals surface area contributed by atoms with Crippen molar-refractivity contribution in [3.63, 3.8) is 0 Å². The Morgan fingerprint density at radius 2 is 2.04 bits per heavy atom. The van der Waals surface area contributed by atoms with Gasteiger partial charge in [-0.25, -0.2) is 0 Å². The minimum atomic E-state index is -0.210. The molecule has 4 nitrogen and oxygen atoms in total. The first-order chi connectivity index (χ1) is 13.6. The summed E-state index contributed by atoms with van der Waals surface area (Å²) in [6.07, 6.45) is 2.60. The topological polar surface area (TPSA) is 33.4 Å². The average Bonchev–Trinajstić information content (AvgIpc) is 3.24. The fourth-order valence-corrected chi connectivity index (χ4v) is 5.90. The van der Waals surface area contributed by atoms with Crippen LogP contribution in [0.1, 0.15) is 24.4 Å². The van der Waals surface area contributed by atoms with Crippen LogP contribution in [0.5, 0.6) is 0 Å². The fourth-order valence-electron chi connectivity index (χ4n) is 3.52. The van der Waals surface area contributed by atoms with Crippen LogP contribution in [0.3, 0.4) is 0 Å². The Bertz CT molecular complexity index is 1070. The summed E-state index contributed by atoms with van der Waals surface area (Å²) in [6, 6.07) is 14.8. The molecule has 1 aliphatic heterocycles. The second-order valence-corrected chi connectivity index (χ2v) is 8.66. The highest BCUT2D eigenvalue weighted by Crippen LogP contribution is 2.47. The Hall–Kier alpha value is -2.31. The van der Waals surface area contributed by atoms with Gasteiger partial charge >= 0.3 is 5.97 Å². The van der Waals surface area contributed by atoms with Crippen molar-refractivity contribution in [2.24, 2.45) is 0 Å². The number of thiazole rings is 1. The molecule has 144 valence electrons. The molecule has 0 atom stereocenters. The molecule has 2 aromatic carbocycles. The number of benzene rings is 2. The molecule has 1 aromatic heterocycles. The van der Waals surface area contributed by atoms with E-state index in [0.29, 0.717) is 6.42 Å². The van der Waals surface area contributed by atoms with E-state index in [4.69, 9.17) is 4.74 Å². The van der Waals surface area contributed by atoms with Crippen LogP contribution in [0, 0.1) is 0 Å². The van der Waals surface area contributed by atoms with Gasteiger partial charge in [-0.15, -0.1) is 0 Å². The zero-order chi connectivity index (χ0) is 19.7. The number of para-hydroxylation sites is 1. The summed E-state index contributed by atoms with van der Waals surface area (Å²) in [5.41, 5.74) is 3.44. The smallest absolute Gasteiger partial charge is 0.309 e. The normalized spacial score (nSPS) is 14.7. The Labute approximate surface area is 173 Å². The molecule has 0 saturated carbocycles. The predicted octanol–water partition coefficient (Wildman–Crippen LogP) is 4.85. The van der Waals surface area contributed by atoms with Crippen molar-refractivity contribution in [1.82, 2.24) is 0 Å². The standard InChI is InChI=1S/C22H23N2O2S2/c1-4-23-16-8-6-7-9-18(16)27-20(23)14-21-24(5-2)17-12-15(13-22(25)26-3)10-11-19(17)28-21/h6-12,14H,4-5,13H2,1-3H3/q+1. The van der Waals surface area contributed by atoms with Crippen molar-refractivity contribution in [2.45, 2.75) is 31.7 Å². The van der Waals surface area contributed by atoms with Crippen molar-refractivity contribution in [3.05, 3.63) is 58.1 Å². The summed E-state index contributed by atoms with van der Waals surface area (Å²) in [4.78, 5) is 15.2. The number of fused-ring (bicyclic) bond motifs is 2. The number of aryl methyl sites for hydroxylation is 1. The summed E-state index contributed by atoms with van der Waals surface area (Å²) in [7, 11) is 1.43. The third-order valence-electron chi connectivity index (χ3n) is 4.89. The molecular formula is C22H23N2O2S2+. The third-order valence-corrected chi connectivity index (χ3v) is 7.11. The van der Waals surface area contributed by atoms with E-state index in [2.05, 4.69) is 65.8 Å². The highest BCUT2D eigenvalue weighted by Gasteiger charge is 2.27. The van der Waals surface area contributed by atoms with Gasteiger partial charge in [-0.3, -0.25) is 4.79 Å². The molecule has 3 aromatic rings. The van der Waals surface area contributed by atoms with Gasteiger partial charge in [-0.1, -0.05) is 41.3 Å². The number of esters is 1. The van der Waals surface area contributed by atoms with Gasteiger partial charge in [0.15, 0.2) is 0 Å². The van der Waals surface area contributed by atoms with Gasteiger partial charge < -0.3 is 9.64 Å². The molecule has 0 bridgehead atoms. The van der Waals surface area contributed by atoms with Crippen LogP contribution in [0.2, 0.25) is 0 Å². The molecule has 1 aliphatic rings. The molecule has 0 amide bonds. The van der Waals surface area contributed by atoms with Gasteiger partial charge in [0.2, 0.25) is 5.52 Å². The van der Waals surface area contributed by atoms with Crippen LogP contribution in [-0.4, -0.2) is 19.6 Å². The minimum Gasteiger partial charge on any atom is -0.469 e. The molecule has 0 radical (unpaired) electrons. The number of thioether (sulfide) groups is 1. The number of methoxy groups -OCH3 is 1. The number of carbonyl (C=O) groups is 1. The van der Waals surface area contributed by atoms with Crippen molar-refractivity contribution >= 4 is 51.0 Å². The quantitative estimate of drug-likeness (QED) is 0.444. The molecule has 0 N–H and O–H groups in total. The molecule has 4 rings (SSSR count). The van der Waals surface area contributed by atoms with Gasteiger partial charge in [0, 0.05) is 17.5 Å². The highest BCUT2D eigenvalue weighted by molar-refractivity contribution is 8.03. The van der Waals surface area contributed by atoms with E-state index in [9.17, 15) is 4.79 Å². The van der Waals surface area contributed by atoms with E-state index < -0.39 is 0 Å². The Morgan fingerprint density at radius 3 is 2.79 bits per heavy atom. The molecule has 0 fully saturated rings. The Morgan fingerprint density at radius 1 is 1.21 bits per heavy atom. The molecule has 0 spiro atoms. The zero-order valence-corrected chi connectivity index (χ0v) is 17.9. The number of hydrogen-bond donors (Lipinski definition) is 0. The maximum atomic E-state index is 11.6. The van der Waals surface area contributed by atoms with E-state index in [-0.39, 0.29) is 5.97 Å². The molecule has 0 unspecified atom stereocenters. The van der Waals surface area contributed by atoms with Crippen molar-refractivity contribution in [1.29, 1.82) is 0 Å². The lowest BCUT2D eigenvalue weighted by molar-refractivity contribution is -0.665. The number of hydrogen-bond acceptors (Lipinski definition) is 5. The number of nitrogens with zero attached hydrogens (tertiary/aromatic N) is 2. The SMILES string of the molecule is CCN1C(=Cc2sc3ccccc3[n+]2CC)Sc2ccc(CC(=O)OC)cc21. The van der Waals surface area contributed by atoms with Crippen LogP contribution in [0.4, 0.5) is 5.69 Å². The predicted molar refractivity (Wildman–Crippen MR) is 117 cm³/mol. The number of carbonyl (C=O) groups excluding carboxylic acids is 1. The van der Waals surface area contributed by atoms with Gasteiger partial charge in [-0.2, -0.15) is 4.57 Å². The van der Waals surface area contributed by atoms with E-state index in [1.807, 2.05) is 17.4 Å². The summed E-state index contributed by atoms with van der Waals surface area (Å²) in [5, 5.41) is 2.48. The van der Waals surface area contributed by atoms with Crippen LogP contribution in [-0.2, 0) is 22.5 Å². The van der Waals surface area contributed by atoms with Crippen LogP contribution < -0.4 is 9.47 Å². The van der Waals surface area contributed by atoms with E-state index >= 15 is 0 Å². The van der Waals surface area contributed by atoms with E-state index in [0.717, 1.165) is 18.7 Å². The molecule has 28 heavy (non-hydrogen) atoms. The molecule has 0 saturated heterocycles. The van der Waals surface area contributed by atoms with Gasteiger partial charge in [0.1, 0.15) is 11.2 Å². The molecule has 2 heterocycles. The lowest BCUT2D eigenvalue weighted by Crippen LogP contribution is -2.33. The van der Waals surface area contributed by atoms with Crippen LogP contribution in [0.15, 0.2) is 52.4 Å². The number of ether oxygens (including phenoxy) is 1. The van der Waals surface area contributed by atoms with E-state index in [1.165, 1.54) is 37.9 Å². The summed E-state index contributed by atoms with van der Waals surface area (Å²) in [6.45, 7) is 6.17. The summed E-state index contributed by atoms with van der Waals surface area (Å²) < 4.78 is 8.48. The maximum absolute atomic E-state index is 11.6. The number of rotatable bonds is 5. The summed E-state index contributed by atoms with van der Waals surface area (Å²) >= 11 is 3.62. The number of aromatic nitrogens is 1. The van der Waals surface area contributed by atoms with Gasteiger partial charge in [0.05, 0.1) is 30.3 Å². The van der Waals surface area contributed by atoms with Crippen molar-refractivity contribution in [3.8, 4) is 0 Å². The lowest BCUT2D eigenvalue weighted by Gasteiger charge is -2.18. The van der Waals surface area contributed by atoms with Gasteiger partial charge in [0.25, 0.3) is 5.01 Å². The maximum Gasteiger partial charge on any atom is 0.309 e. The third kappa shape index (κ3) is 3.42. The first-order valence-corrected chi connectivity index (χ1v) is 11.1. The number of anilines is 1. The Balaban J connectivity index is 1.72. The fraction of sp³-hybridized carbons (Fsp3) is 0.273. The van der Waals surface area contributed by atoms with Crippen LogP contribution >= 0.6 is 23.1 Å². The van der Waals surface area contributed by atoms with Crippen LogP contribution in [0.25, 0.3) is 16.3 Å². The first-order valence-electron chi connectivity index (χ1n) is 9.42. The average molecular weight is 412 g/mol. The van der Waals surface area contributed by atoms with Crippen molar-refractivity contribution < 1.29 is 14.1 Å².